The van der Waals surface area contributed by atoms with Gasteiger partial charge in [-0.25, -0.2) is 4.79 Å². The summed E-state index contributed by atoms with van der Waals surface area (Å²) >= 11 is 0. The van der Waals surface area contributed by atoms with Crippen LogP contribution in [-0.2, 0) is 0 Å². The van der Waals surface area contributed by atoms with Gasteiger partial charge in [0.25, 0.3) is 0 Å². The van der Waals surface area contributed by atoms with E-state index in [-0.39, 0.29) is 0 Å². The molecule has 1 saturated heterocycles. The lowest BCUT2D eigenvalue weighted by Gasteiger charge is -2.13. The molecule has 1 unspecified atom stereocenters. The minimum Gasteiger partial charge on any atom is -0.478 e. The van der Waals surface area contributed by atoms with E-state index >= 15 is 0 Å². The van der Waals surface area contributed by atoms with Gasteiger partial charge in [-0.05, 0) is 43.1 Å². The highest BCUT2D eigenvalue weighted by Gasteiger charge is 2.22. The molecule has 0 saturated carbocycles. The lowest BCUT2D eigenvalue weighted by Crippen LogP contribution is -2.19. The highest BCUT2D eigenvalue weighted by atomic mass is 16.4. The van der Waals surface area contributed by atoms with Gasteiger partial charge in [0.15, 0.2) is 0 Å². The third-order valence-electron chi connectivity index (χ3n) is 3.32. The molecule has 1 aliphatic heterocycles. The molecular weight excluding hydrogens is 202 g/mol. The van der Waals surface area contributed by atoms with E-state index in [4.69, 9.17) is 5.11 Å². The van der Waals surface area contributed by atoms with Crippen LogP contribution in [0.3, 0.4) is 0 Å². The summed E-state index contributed by atoms with van der Waals surface area (Å²) in [6.45, 7) is 5.42. The predicted molar refractivity (Wildman–Crippen MR) is 62.9 cm³/mol. The van der Waals surface area contributed by atoms with Crippen molar-refractivity contribution in [2.45, 2.75) is 19.3 Å². The van der Waals surface area contributed by atoms with E-state index in [9.17, 15) is 4.79 Å². The van der Waals surface area contributed by atoms with Crippen LogP contribution >= 0.6 is 0 Å². The quantitative estimate of drug-likeness (QED) is 0.847. The molecule has 1 aromatic carbocycles. The SMILES string of the molecule is CCN1CCC(c2cccc(C(=O)O)c2)C1. The molecule has 3 heteroatoms. The van der Waals surface area contributed by atoms with E-state index in [0.29, 0.717) is 11.5 Å². The van der Waals surface area contributed by atoms with Crippen molar-refractivity contribution in [2.75, 3.05) is 19.6 Å². The van der Waals surface area contributed by atoms with Gasteiger partial charge in [-0.3, -0.25) is 0 Å². The monoisotopic (exact) mass is 219 g/mol. The van der Waals surface area contributed by atoms with Crippen molar-refractivity contribution in [1.29, 1.82) is 0 Å². The number of carbonyl (C=O) groups is 1. The van der Waals surface area contributed by atoms with Gasteiger partial charge in [-0.15, -0.1) is 0 Å². The van der Waals surface area contributed by atoms with E-state index in [1.807, 2.05) is 18.2 Å². The molecule has 1 aromatic rings. The van der Waals surface area contributed by atoms with Gasteiger partial charge in [0.2, 0.25) is 0 Å². The summed E-state index contributed by atoms with van der Waals surface area (Å²) in [5, 5.41) is 8.94. The van der Waals surface area contributed by atoms with E-state index < -0.39 is 5.97 Å². The van der Waals surface area contributed by atoms with E-state index in [1.54, 1.807) is 6.07 Å². The van der Waals surface area contributed by atoms with Gasteiger partial charge in [0.1, 0.15) is 0 Å². The van der Waals surface area contributed by atoms with Crippen LogP contribution in [0.15, 0.2) is 24.3 Å². The zero-order chi connectivity index (χ0) is 11.5. The molecule has 0 aliphatic carbocycles. The first-order chi connectivity index (χ1) is 7.70. The lowest BCUT2D eigenvalue weighted by molar-refractivity contribution is 0.0696. The van der Waals surface area contributed by atoms with Crippen molar-refractivity contribution < 1.29 is 9.90 Å². The number of likely N-dealkylation sites (tertiary alicyclic amines) is 1. The fourth-order valence-electron chi connectivity index (χ4n) is 2.32. The summed E-state index contributed by atoms with van der Waals surface area (Å²) in [6, 6.07) is 7.34. The molecule has 0 radical (unpaired) electrons. The maximum atomic E-state index is 10.9. The number of carboxylic acids is 1. The molecule has 0 amide bonds. The molecule has 0 bridgehead atoms. The third-order valence-corrected chi connectivity index (χ3v) is 3.32. The first kappa shape index (κ1) is 11.1. The van der Waals surface area contributed by atoms with Crippen LogP contribution < -0.4 is 0 Å². The van der Waals surface area contributed by atoms with Gasteiger partial charge in [0, 0.05) is 6.54 Å². The first-order valence-corrected chi connectivity index (χ1v) is 5.76. The normalized spacial score (nSPS) is 21.2. The summed E-state index contributed by atoms with van der Waals surface area (Å²) in [4.78, 5) is 13.3. The van der Waals surface area contributed by atoms with Crippen LogP contribution in [0.2, 0.25) is 0 Å². The average Bonchev–Trinajstić information content (AvgIpc) is 2.77. The van der Waals surface area contributed by atoms with Gasteiger partial charge < -0.3 is 10.0 Å². The number of likely N-dealkylation sites (N-methyl/N-ethyl adjacent to an activating group) is 1. The Morgan fingerprint density at radius 1 is 1.56 bits per heavy atom. The number of hydrogen-bond donors (Lipinski definition) is 1. The fourth-order valence-corrected chi connectivity index (χ4v) is 2.32. The van der Waals surface area contributed by atoms with Gasteiger partial charge in [-0.1, -0.05) is 19.1 Å². The molecule has 0 spiro atoms. The van der Waals surface area contributed by atoms with Crippen LogP contribution in [-0.4, -0.2) is 35.6 Å². The summed E-state index contributed by atoms with van der Waals surface area (Å²) in [5.41, 5.74) is 1.56. The Kier molecular flexibility index (Phi) is 3.25. The van der Waals surface area contributed by atoms with Crippen LogP contribution in [0.1, 0.15) is 35.2 Å². The summed E-state index contributed by atoms with van der Waals surface area (Å²) < 4.78 is 0. The Hall–Kier alpha value is -1.35. The Morgan fingerprint density at radius 2 is 2.38 bits per heavy atom. The second kappa shape index (κ2) is 4.66. The van der Waals surface area contributed by atoms with Crippen molar-refractivity contribution >= 4 is 5.97 Å². The first-order valence-electron chi connectivity index (χ1n) is 5.76. The summed E-state index contributed by atoms with van der Waals surface area (Å²) in [6.07, 6.45) is 1.14. The molecule has 1 heterocycles. The third kappa shape index (κ3) is 2.25. The number of hydrogen-bond acceptors (Lipinski definition) is 2. The molecular formula is C13H17NO2. The van der Waals surface area contributed by atoms with Crippen molar-refractivity contribution in [3.8, 4) is 0 Å². The highest BCUT2D eigenvalue weighted by molar-refractivity contribution is 5.87. The smallest absolute Gasteiger partial charge is 0.335 e. The standard InChI is InChI=1S/C13H17NO2/c1-2-14-7-6-12(9-14)10-4-3-5-11(8-10)13(15)16/h3-5,8,12H,2,6-7,9H2,1H3,(H,15,16). The van der Waals surface area contributed by atoms with Crippen molar-refractivity contribution in [3.63, 3.8) is 0 Å². The largest absolute Gasteiger partial charge is 0.478 e. The minimum absolute atomic E-state index is 0.396. The van der Waals surface area contributed by atoms with Crippen LogP contribution in [0.4, 0.5) is 0 Å². The topological polar surface area (TPSA) is 40.5 Å². The second-order valence-electron chi connectivity index (χ2n) is 4.31. The molecule has 0 aromatic heterocycles. The van der Waals surface area contributed by atoms with Crippen molar-refractivity contribution in [2.24, 2.45) is 0 Å². The number of nitrogens with zero attached hydrogens (tertiary/aromatic N) is 1. The summed E-state index contributed by atoms with van der Waals surface area (Å²) in [5.74, 6) is -0.341. The molecule has 3 nitrogen and oxygen atoms in total. The number of carboxylic acid groups (broad SMARTS) is 1. The Bertz CT molecular complexity index is 389. The van der Waals surface area contributed by atoms with Crippen LogP contribution in [0.5, 0.6) is 0 Å². The van der Waals surface area contributed by atoms with Gasteiger partial charge >= 0.3 is 5.97 Å². The van der Waals surface area contributed by atoms with E-state index in [1.165, 1.54) is 0 Å². The Balaban J connectivity index is 2.15. The molecule has 1 aliphatic rings. The zero-order valence-corrected chi connectivity index (χ0v) is 9.52. The highest BCUT2D eigenvalue weighted by Crippen LogP contribution is 2.27. The molecule has 86 valence electrons. The van der Waals surface area contributed by atoms with Crippen LogP contribution in [0, 0.1) is 0 Å². The van der Waals surface area contributed by atoms with Gasteiger partial charge in [-0.2, -0.15) is 0 Å². The lowest BCUT2D eigenvalue weighted by atomic mass is 9.97. The minimum atomic E-state index is -0.841. The van der Waals surface area contributed by atoms with Gasteiger partial charge in [0.05, 0.1) is 5.56 Å². The number of benzene rings is 1. The summed E-state index contributed by atoms with van der Waals surface area (Å²) in [7, 11) is 0. The Labute approximate surface area is 95.7 Å². The molecule has 16 heavy (non-hydrogen) atoms. The fraction of sp³-hybridized carbons (Fsp3) is 0.462. The second-order valence-corrected chi connectivity index (χ2v) is 4.31. The molecule has 2 rings (SSSR count). The molecule has 1 atom stereocenters. The van der Waals surface area contributed by atoms with Crippen LogP contribution in [0.25, 0.3) is 0 Å². The average molecular weight is 219 g/mol. The maximum Gasteiger partial charge on any atom is 0.335 e. The maximum absolute atomic E-state index is 10.9. The Morgan fingerprint density at radius 3 is 3.00 bits per heavy atom. The number of aromatic carboxylic acids is 1. The predicted octanol–water partition coefficient (Wildman–Crippen LogP) is 2.19. The number of rotatable bonds is 3. The van der Waals surface area contributed by atoms with E-state index in [0.717, 1.165) is 31.6 Å². The zero-order valence-electron chi connectivity index (χ0n) is 9.52. The van der Waals surface area contributed by atoms with E-state index in [2.05, 4.69) is 11.8 Å². The molecule has 1 N–H and O–H groups in total. The molecule has 1 fully saturated rings. The van der Waals surface area contributed by atoms with Crippen molar-refractivity contribution in [1.82, 2.24) is 4.90 Å². The van der Waals surface area contributed by atoms with Crippen molar-refractivity contribution in [3.05, 3.63) is 35.4 Å².